The van der Waals surface area contributed by atoms with E-state index in [1.165, 1.54) is 6.26 Å². The molecule has 0 unspecified atom stereocenters. The summed E-state index contributed by atoms with van der Waals surface area (Å²) in [4.78, 5) is 7.84. The van der Waals surface area contributed by atoms with Crippen LogP contribution >= 0.6 is 0 Å². The number of H-pyrrole nitrogens is 1. The van der Waals surface area contributed by atoms with E-state index in [4.69, 9.17) is 0 Å². The molecule has 0 bridgehead atoms. The number of sulfone groups is 1. The van der Waals surface area contributed by atoms with E-state index in [0.29, 0.717) is 11.4 Å². The fraction of sp³-hybridized carbons (Fsp3) is 0.308. The Balaban J connectivity index is 2.12. The number of aryl methyl sites for hydroxylation is 2. The van der Waals surface area contributed by atoms with Gasteiger partial charge >= 0.3 is 0 Å². The Morgan fingerprint density at radius 3 is 2.63 bits per heavy atom. The lowest BCUT2D eigenvalue weighted by Crippen LogP contribution is -2.03. The van der Waals surface area contributed by atoms with Crippen LogP contribution in [0.1, 0.15) is 17.2 Å². The number of imidazole rings is 1. The molecule has 2 rings (SSSR count). The SMILES string of the molecule is Cc1nc(CNc2cccc(S(C)(=O)=O)c2)[nH]c1C. The van der Waals surface area contributed by atoms with Crippen LogP contribution in [0, 0.1) is 13.8 Å². The van der Waals surface area contributed by atoms with E-state index in [1.54, 1.807) is 18.2 Å². The third kappa shape index (κ3) is 3.35. The predicted molar refractivity (Wildman–Crippen MR) is 74.9 cm³/mol. The highest BCUT2D eigenvalue weighted by Crippen LogP contribution is 2.16. The van der Waals surface area contributed by atoms with E-state index in [1.807, 2.05) is 19.9 Å². The van der Waals surface area contributed by atoms with Crippen molar-refractivity contribution in [3.05, 3.63) is 41.5 Å². The molecule has 1 aromatic carbocycles. The number of hydrogen-bond acceptors (Lipinski definition) is 4. The highest BCUT2D eigenvalue weighted by atomic mass is 32.2. The van der Waals surface area contributed by atoms with Gasteiger partial charge in [0.2, 0.25) is 0 Å². The van der Waals surface area contributed by atoms with Gasteiger partial charge in [-0.1, -0.05) is 6.07 Å². The van der Waals surface area contributed by atoms with Crippen LogP contribution in [-0.4, -0.2) is 24.6 Å². The van der Waals surface area contributed by atoms with Gasteiger partial charge in [-0.05, 0) is 32.0 Å². The molecule has 0 atom stereocenters. The monoisotopic (exact) mass is 279 g/mol. The number of nitrogens with one attached hydrogen (secondary N) is 2. The Hall–Kier alpha value is -1.82. The summed E-state index contributed by atoms with van der Waals surface area (Å²) in [7, 11) is -3.17. The van der Waals surface area contributed by atoms with Crippen LogP contribution in [0.4, 0.5) is 5.69 Å². The molecule has 1 heterocycles. The van der Waals surface area contributed by atoms with E-state index in [-0.39, 0.29) is 0 Å². The van der Waals surface area contributed by atoms with Gasteiger partial charge in [0.1, 0.15) is 5.82 Å². The molecule has 0 aliphatic rings. The number of benzene rings is 1. The Labute approximate surface area is 113 Å². The van der Waals surface area contributed by atoms with Crippen LogP contribution in [0.3, 0.4) is 0 Å². The summed E-state index contributed by atoms with van der Waals surface area (Å²) in [5, 5.41) is 3.16. The van der Waals surface area contributed by atoms with Crippen molar-refractivity contribution >= 4 is 15.5 Å². The standard InChI is InChI=1S/C13H17N3O2S/c1-9-10(2)16-13(15-9)8-14-11-5-4-6-12(7-11)19(3,17)18/h4-7,14H,8H2,1-3H3,(H,15,16). The van der Waals surface area contributed by atoms with E-state index >= 15 is 0 Å². The zero-order chi connectivity index (χ0) is 14.0. The number of rotatable bonds is 4. The van der Waals surface area contributed by atoms with E-state index in [2.05, 4.69) is 15.3 Å². The molecule has 19 heavy (non-hydrogen) atoms. The van der Waals surface area contributed by atoms with Crippen molar-refractivity contribution in [1.29, 1.82) is 0 Å². The molecule has 2 aromatic rings. The number of anilines is 1. The third-order valence-corrected chi connectivity index (χ3v) is 4.01. The second kappa shape index (κ2) is 5.05. The minimum atomic E-state index is -3.17. The van der Waals surface area contributed by atoms with Crippen molar-refractivity contribution in [2.24, 2.45) is 0 Å². The van der Waals surface area contributed by atoms with Crippen molar-refractivity contribution < 1.29 is 8.42 Å². The number of aromatic amines is 1. The lowest BCUT2D eigenvalue weighted by Gasteiger charge is -2.06. The Bertz CT molecular complexity index is 670. The molecular formula is C13H17N3O2S. The van der Waals surface area contributed by atoms with Gasteiger partial charge in [0, 0.05) is 17.6 Å². The number of hydrogen-bond donors (Lipinski definition) is 2. The molecule has 102 valence electrons. The van der Waals surface area contributed by atoms with Crippen LogP contribution in [0.2, 0.25) is 0 Å². The smallest absolute Gasteiger partial charge is 0.175 e. The van der Waals surface area contributed by atoms with Gasteiger partial charge < -0.3 is 10.3 Å². The average Bonchev–Trinajstić information content (AvgIpc) is 2.66. The predicted octanol–water partition coefficient (Wildman–Crippen LogP) is 2.04. The first-order valence-electron chi connectivity index (χ1n) is 5.92. The maximum Gasteiger partial charge on any atom is 0.175 e. The van der Waals surface area contributed by atoms with Crippen molar-refractivity contribution in [3.63, 3.8) is 0 Å². The quantitative estimate of drug-likeness (QED) is 0.898. The highest BCUT2D eigenvalue weighted by molar-refractivity contribution is 7.90. The van der Waals surface area contributed by atoms with Crippen LogP contribution in [0.15, 0.2) is 29.2 Å². The molecule has 0 saturated heterocycles. The zero-order valence-corrected chi connectivity index (χ0v) is 12.0. The summed E-state index contributed by atoms with van der Waals surface area (Å²) >= 11 is 0. The summed E-state index contributed by atoms with van der Waals surface area (Å²) in [6, 6.07) is 6.76. The molecule has 6 heteroatoms. The van der Waals surface area contributed by atoms with Gasteiger partial charge in [-0.3, -0.25) is 0 Å². The minimum Gasteiger partial charge on any atom is -0.378 e. The molecule has 5 nitrogen and oxygen atoms in total. The third-order valence-electron chi connectivity index (χ3n) is 2.90. The van der Waals surface area contributed by atoms with Gasteiger partial charge in [-0.25, -0.2) is 13.4 Å². The summed E-state index contributed by atoms with van der Waals surface area (Å²) < 4.78 is 22.9. The maximum atomic E-state index is 11.5. The molecule has 0 saturated carbocycles. The number of aromatic nitrogens is 2. The lowest BCUT2D eigenvalue weighted by molar-refractivity contribution is 0.602. The second-order valence-electron chi connectivity index (χ2n) is 4.55. The van der Waals surface area contributed by atoms with Crippen LogP contribution in [0.25, 0.3) is 0 Å². The van der Waals surface area contributed by atoms with Gasteiger partial charge in [0.05, 0.1) is 17.1 Å². The average molecular weight is 279 g/mol. The van der Waals surface area contributed by atoms with E-state index in [9.17, 15) is 8.42 Å². The van der Waals surface area contributed by atoms with Gasteiger partial charge in [-0.2, -0.15) is 0 Å². The summed E-state index contributed by atoms with van der Waals surface area (Å²) in [5.41, 5.74) is 2.78. The fourth-order valence-corrected chi connectivity index (χ4v) is 2.39. The molecule has 0 aliphatic carbocycles. The molecule has 0 radical (unpaired) electrons. The molecule has 1 aromatic heterocycles. The van der Waals surface area contributed by atoms with Gasteiger partial charge in [-0.15, -0.1) is 0 Å². The minimum absolute atomic E-state index is 0.310. The van der Waals surface area contributed by atoms with Crippen molar-refractivity contribution in [1.82, 2.24) is 9.97 Å². The van der Waals surface area contributed by atoms with Crippen molar-refractivity contribution in [2.75, 3.05) is 11.6 Å². The van der Waals surface area contributed by atoms with E-state index < -0.39 is 9.84 Å². The summed E-state index contributed by atoms with van der Waals surface area (Å²) in [6.07, 6.45) is 1.20. The van der Waals surface area contributed by atoms with E-state index in [0.717, 1.165) is 22.9 Å². The Morgan fingerprint density at radius 1 is 1.32 bits per heavy atom. The number of nitrogens with zero attached hydrogens (tertiary/aromatic N) is 1. The molecule has 0 fully saturated rings. The normalized spacial score (nSPS) is 11.5. The topological polar surface area (TPSA) is 74.8 Å². The maximum absolute atomic E-state index is 11.5. The second-order valence-corrected chi connectivity index (χ2v) is 6.56. The largest absolute Gasteiger partial charge is 0.378 e. The molecule has 0 spiro atoms. The van der Waals surface area contributed by atoms with Crippen LogP contribution in [-0.2, 0) is 16.4 Å². The highest BCUT2D eigenvalue weighted by Gasteiger charge is 2.07. The lowest BCUT2D eigenvalue weighted by atomic mass is 10.3. The van der Waals surface area contributed by atoms with Gasteiger partial charge in [0.25, 0.3) is 0 Å². The van der Waals surface area contributed by atoms with Gasteiger partial charge in [0.15, 0.2) is 9.84 Å². The first-order valence-corrected chi connectivity index (χ1v) is 7.81. The molecule has 2 N–H and O–H groups in total. The fourth-order valence-electron chi connectivity index (χ4n) is 1.73. The molecule has 0 amide bonds. The van der Waals surface area contributed by atoms with Crippen LogP contribution < -0.4 is 5.32 Å². The summed E-state index contributed by atoms with van der Waals surface area (Å²) in [5.74, 6) is 0.833. The van der Waals surface area contributed by atoms with Crippen molar-refractivity contribution in [2.45, 2.75) is 25.3 Å². The molecular weight excluding hydrogens is 262 g/mol. The Morgan fingerprint density at radius 2 is 2.05 bits per heavy atom. The van der Waals surface area contributed by atoms with Crippen molar-refractivity contribution in [3.8, 4) is 0 Å². The first kappa shape index (κ1) is 13.6. The van der Waals surface area contributed by atoms with Crippen LogP contribution in [0.5, 0.6) is 0 Å². The first-order chi connectivity index (χ1) is 8.86. The summed E-state index contributed by atoms with van der Waals surface area (Å²) in [6.45, 7) is 4.44. The molecule has 0 aliphatic heterocycles. The Kier molecular flexibility index (Phi) is 3.61. The zero-order valence-electron chi connectivity index (χ0n) is 11.2.